The van der Waals surface area contributed by atoms with Crippen LogP contribution in [0.15, 0.2) is 27.7 Å². The number of hydrogen-bond acceptors (Lipinski definition) is 5. The van der Waals surface area contributed by atoms with Crippen molar-refractivity contribution in [1.82, 2.24) is 14.8 Å². The molecule has 2 aliphatic rings. The molecule has 4 rings (SSSR count). The number of hydrogen-bond donors (Lipinski definition) is 1. The number of nitrogens with one attached hydrogen (secondary N) is 1. The van der Waals surface area contributed by atoms with Gasteiger partial charge >= 0.3 is 0 Å². The summed E-state index contributed by atoms with van der Waals surface area (Å²) in [6.07, 6.45) is 6.99. The Labute approximate surface area is 192 Å². The summed E-state index contributed by atoms with van der Waals surface area (Å²) in [4.78, 5) is 40.7. The Bertz CT molecular complexity index is 1010. The van der Waals surface area contributed by atoms with Crippen LogP contribution in [0.4, 0.5) is 0 Å². The van der Waals surface area contributed by atoms with Crippen molar-refractivity contribution in [2.75, 3.05) is 20.2 Å². The van der Waals surface area contributed by atoms with Crippen LogP contribution in [0.1, 0.15) is 60.1 Å². The third-order valence-electron chi connectivity index (χ3n) is 6.61. The molecule has 32 heavy (non-hydrogen) atoms. The number of methoxy groups -OCH3 is 1. The van der Waals surface area contributed by atoms with Gasteiger partial charge in [0.1, 0.15) is 11.3 Å². The maximum absolute atomic E-state index is 13.1. The Morgan fingerprint density at radius 2 is 2.00 bits per heavy atom. The minimum atomic E-state index is -0.265. The summed E-state index contributed by atoms with van der Waals surface area (Å²) < 4.78 is 7.05. The molecular formula is C24H31N3O4S. The maximum Gasteiger partial charge on any atom is 0.257 e. The molecule has 0 saturated heterocycles. The first kappa shape index (κ1) is 22.6. The monoisotopic (exact) mass is 457 g/mol. The van der Waals surface area contributed by atoms with Crippen molar-refractivity contribution in [2.45, 2.75) is 58.0 Å². The van der Waals surface area contributed by atoms with E-state index in [-0.39, 0.29) is 23.1 Å². The van der Waals surface area contributed by atoms with Crippen LogP contribution in [0, 0.1) is 5.92 Å². The number of rotatable bonds is 6. The molecule has 1 saturated carbocycles. The fraction of sp³-hybridized carbons (Fsp3) is 0.542. The second-order valence-corrected chi connectivity index (χ2v) is 9.46. The van der Waals surface area contributed by atoms with E-state index in [9.17, 15) is 14.4 Å². The molecular weight excluding hydrogens is 426 g/mol. The number of aromatic nitrogens is 1. The van der Waals surface area contributed by atoms with Gasteiger partial charge < -0.3 is 19.5 Å². The lowest BCUT2D eigenvalue weighted by molar-refractivity contribution is -0.132. The van der Waals surface area contributed by atoms with Gasteiger partial charge in [0.15, 0.2) is 0 Å². The Hall–Kier alpha value is -2.61. The second-order valence-electron chi connectivity index (χ2n) is 8.68. The SMILES string of the molecule is COc1cc(=O)n2c(c1C(=O)NCc1ccsc1)CCN(C(=O)CC1CCCCC1)CC2. The number of ether oxygens (including phenoxy) is 1. The second kappa shape index (κ2) is 10.3. The highest BCUT2D eigenvalue weighted by Crippen LogP contribution is 2.28. The van der Waals surface area contributed by atoms with Crippen LogP contribution >= 0.6 is 11.3 Å². The minimum absolute atomic E-state index is 0.160. The molecule has 0 spiro atoms. The van der Waals surface area contributed by atoms with Gasteiger partial charge in [0.2, 0.25) is 5.91 Å². The van der Waals surface area contributed by atoms with Gasteiger partial charge in [-0.15, -0.1) is 0 Å². The van der Waals surface area contributed by atoms with Gasteiger partial charge in [-0.3, -0.25) is 14.4 Å². The Morgan fingerprint density at radius 3 is 2.72 bits per heavy atom. The molecule has 7 nitrogen and oxygen atoms in total. The first-order valence-corrected chi connectivity index (χ1v) is 12.4. The van der Waals surface area contributed by atoms with Crippen molar-refractivity contribution in [1.29, 1.82) is 0 Å². The predicted octanol–water partition coefficient (Wildman–Crippen LogP) is 3.20. The number of fused-ring (bicyclic) bond motifs is 1. The molecule has 0 unspecified atom stereocenters. The lowest BCUT2D eigenvalue weighted by Gasteiger charge is -2.25. The van der Waals surface area contributed by atoms with E-state index < -0.39 is 0 Å². The van der Waals surface area contributed by atoms with Crippen LogP contribution in [0.5, 0.6) is 5.75 Å². The minimum Gasteiger partial charge on any atom is -0.496 e. The van der Waals surface area contributed by atoms with Gasteiger partial charge in [0.05, 0.1) is 7.11 Å². The van der Waals surface area contributed by atoms with E-state index in [0.717, 1.165) is 18.4 Å². The standard InChI is InChI=1S/C24H31N3O4S/c1-31-20-14-22(29)27-11-10-26(21(28)13-17-5-3-2-4-6-17)9-7-19(27)23(20)24(30)25-15-18-8-12-32-16-18/h8,12,14,16-17H,2-7,9-11,13,15H2,1H3,(H,25,30). The molecule has 3 heterocycles. The normalized spacial score (nSPS) is 16.8. The topological polar surface area (TPSA) is 80.6 Å². The number of pyridine rings is 1. The fourth-order valence-corrected chi connectivity index (χ4v) is 5.50. The third kappa shape index (κ3) is 5.06. The predicted molar refractivity (Wildman–Crippen MR) is 124 cm³/mol. The largest absolute Gasteiger partial charge is 0.496 e. The van der Waals surface area contributed by atoms with Crippen molar-refractivity contribution in [3.05, 3.63) is 50.1 Å². The number of carbonyl (C=O) groups excluding carboxylic acids is 2. The lowest BCUT2D eigenvalue weighted by atomic mass is 9.86. The third-order valence-corrected chi connectivity index (χ3v) is 7.35. The Balaban J connectivity index is 1.52. The molecule has 1 fully saturated rings. The van der Waals surface area contributed by atoms with Crippen molar-refractivity contribution in [3.8, 4) is 5.75 Å². The van der Waals surface area contributed by atoms with Gasteiger partial charge in [0, 0.05) is 50.8 Å². The van der Waals surface area contributed by atoms with Gasteiger partial charge in [-0.1, -0.05) is 19.3 Å². The summed E-state index contributed by atoms with van der Waals surface area (Å²) in [5, 5.41) is 6.90. The molecule has 0 radical (unpaired) electrons. The first-order chi connectivity index (χ1) is 15.6. The smallest absolute Gasteiger partial charge is 0.257 e. The van der Waals surface area contributed by atoms with Crippen molar-refractivity contribution in [2.24, 2.45) is 5.92 Å². The van der Waals surface area contributed by atoms with E-state index in [1.54, 1.807) is 15.9 Å². The van der Waals surface area contributed by atoms with Crippen LogP contribution < -0.4 is 15.6 Å². The average Bonchev–Trinajstić information content (AvgIpc) is 3.22. The summed E-state index contributed by atoms with van der Waals surface area (Å²) in [5.74, 6) is 0.654. The molecule has 0 atom stereocenters. The molecule has 1 aliphatic heterocycles. The van der Waals surface area contributed by atoms with Crippen molar-refractivity contribution >= 4 is 23.2 Å². The van der Waals surface area contributed by atoms with Gasteiger partial charge in [-0.25, -0.2) is 0 Å². The number of amides is 2. The van der Waals surface area contributed by atoms with E-state index in [0.29, 0.717) is 56.2 Å². The lowest BCUT2D eigenvalue weighted by Crippen LogP contribution is -2.35. The highest BCUT2D eigenvalue weighted by molar-refractivity contribution is 7.07. The van der Waals surface area contributed by atoms with Crippen LogP contribution in [-0.4, -0.2) is 41.5 Å². The van der Waals surface area contributed by atoms with E-state index >= 15 is 0 Å². The van der Waals surface area contributed by atoms with Crippen molar-refractivity contribution in [3.63, 3.8) is 0 Å². The van der Waals surface area contributed by atoms with E-state index in [1.807, 2.05) is 21.7 Å². The van der Waals surface area contributed by atoms with E-state index in [2.05, 4.69) is 5.32 Å². The zero-order valence-corrected chi connectivity index (χ0v) is 19.4. The van der Waals surface area contributed by atoms with Gasteiger partial charge in [-0.05, 0) is 41.1 Å². The fourth-order valence-electron chi connectivity index (χ4n) is 4.84. The number of carbonyl (C=O) groups is 2. The first-order valence-electron chi connectivity index (χ1n) is 11.4. The molecule has 8 heteroatoms. The van der Waals surface area contributed by atoms with Crippen LogP contribution in [0.25, 0.3) is 0 Å². The summed E-state index contributed by atoms with van der Waals surface area (Å²) >= 11 is 1.58. The van der Waals surface area contributed by atoms with Crippen LogP contribution in [0.2, 0.25) is 0 Å². The molecule has 1 aliphatic carbocycles. The molecule has 172 valence electrons. The summed E-state index contributed by atoms with van der Waals surface area (Å²) in [5.41, 5.74) is 1.86. The number of thiophene rings is 1. The Morgan fingerprint density at radius 1 is 1.19 bits per heavy atom. The average molecular weight is 458 g/mol. The summed E-state index contributed by atoms with van der Waals surface area (Å²) in [6, 6.07) is 3.34. The molecule has 2 amide bonds. The molecule has 1 N–H and O–H groups in total. The van der Waals surface area contributed by atoms with Crippen LogP contribution in [-0.2, 0) is 24.3 Å². The maximum atomic E-state index is 13.1. The molecule has 2 aromatic rings. The van der Waals surface area contributed by atoms with Gasteiger partial charge in [0.25, 0.3) is 11.5 Å². The van der Waals surface area contributed by atoms with Crippen molar-refractivity contribution < 1.29 is 14.3 Å². The molecule has 0 aromatic carbocycles. The zero-order valence-electron chi connectivity index (χ0n) is 18.6. The highest BCUT2D eigenvalue weighted by atomic mass is 32.1. The molecule has 2 aromatic heterocycles. The molecule has 0 bridgehead atoms. The Kier molecular flexibility index (Phi) is 7.29. The number of nitrogens with zero attached hydrogens (tertiary/aromatic N) is 2. The van der Waals surface area contributed by atoms with Gasteiger partial charge in [-0.2, -0.15) is 11.3 Å². The highest BCUT2D eigenvalue weighted by Gasteiger charge is 2.27. The van der Waals surface area contributed by atoms with E-state index in [4.69, 9.17) is 4.74 Å². The quantitative estimate of drug-likeness (QED) is 0.722. The van der Waals surface area contributed by atoms with Crippen LogP contribution in [0.3, 0.4) is 0 Å². The van der Waals surface area contributed by atoms with E-state index in [1.165, 1.54) is 32.4 Å². The summed E-state index contributed by atoms with van der Waals surface area (Å²) in [6.45, 7) is 1.79. The summed E-state index contributed by atoms with van der Waals surface area (Å²) in [7, 11) is 1.47. The zero-order chi connectivity index (χ0) is 22.5.